The van der Waals surface area contributed by atoms with Crippen LogP contribution >= 0.6 is 0 Å². The van der Waals surface area contributed by atoms with Crippen LogP contribution in [-0.4, -0.2) is 169 Å². The van der Waals surface area contributed by atoms with Gasteiger partial charge in [0.1, 0.15) is 61.0 Å². The van der Waals surface area contributed by atoms with Crippen LogP contribution in [0.4, 0.5) is 0 Å². The molecule has 0 aromatic heterocycles. The molecule has 0 bridgehead atoms. The van der Waals surface area contributed by atoms with E-state index in [-0.39, 0.29) is 35.4 Å². The Morgan fingerprint density at radius 2 is 1.44 bits per heavy atom. The Balaban J connectivity index is 0.874. The smallest absolute Gasteiger partial charge is 0.195 e. The van der Waals surface area contributed by atoms with Crippen molar-refractivity contribution in [2.24, 2.45) is 58.2 Å². The van der Waals surface area contributed by atoms with Crippen molar-refractivity contribution in [2.45, 2.75) is 210 Å². The second-order valence-electron chi connectivity index (χ2n) is 22.6. The van der Waals surface area contributed by atoms with E-state index in [9.17, 15) is 46.0 Å². The zero-order valence-electron chi connectivity index (χ0n) is 38.7. The summed E-state index contributed by atoms with van der Waals surface area (Å²) in [5.74, 6) is 0.217. The molecule has 5 saturated heterocycles. The number of ether oxygens (including phenoxy) is 7. The maximum Gasteiger partial charge on any atom is 0.195 e. The quantitative estimate of drug-likeness (QED) is 0.157. The molecule has 64 heavy (non-hydrogen) atoms. The van der Waals surface area contributed by atoms with Gasteiger partial charge in [-0.2, -0.15) is 0 Å². The van der Waals surface area contributed by atoms with E-state index >= 15 is 0 Å². The van der Waals surface area contributed by atoms with Gasteiger partial charge in [0.15, 0.2) is 17.9 Å². The summed E-state index contributed by atoms with van der Waals surface area (Å²) >= 11 is 0. The summed E-state index contributed by atoms with van der Waals surface area (Å²) in [6.07, 6.45) is -8.49. The molecular weight excluding hydrogens is 833 g/mol. The lowest BCUT2D eigenvalue weighted by Gasteiger charge is -2.60. The summed E-state index contributed by atoms with van der Waals surface area (Å²) in [4.78, 5) is 0. The van der Waals surface area contributed by atoms with Crippen molar-refractivity contribution in [3.63, 3.8) is 0 Å². The maximum absolute atomic E-state index is 11.7. The Bertz CT molecular complexity index is 1690. The topological polar surface area (TPSA) is 247 Å². The molecule has 0 aromatic rings. The van der Waals surface area contributed by atoms with Crippen LogP contribution in [0.2, 0.25) is 0 Å². The van der Waals surface area contributed by atoms with Crippen LogP contribution in [0, 0.1) is 58.2 Å². The van der Waals surface area contributed by atoms with Crippen LogP contribution in [0.15, 0.2) is 11.6 Å². The monoisotopic (exact) mass is 911 g/mol. The van der Waals surface area contributed by atoms with Gasteiger partial charge < -0.3 is 79.1 Å². The molecule has 3 saturated carbocycles. The van der Waals surface area contributed by atoms with Crippen LogP contribution in [-0.2, 0) is 33.2 Å². The first kappa shape index (κ1) is 48.1. The third-order valence-electron chi connectivity index (χ3n) is 18.9. The minimum absolute atomic E-state index is 0.0279. The number of rotatable bonds is 8. The van der Waals surface area contributed by atoms with Crippen LogP contribution in [0.3, 0.4) is 0 Å². The number of fused-ring (bicyclic) bond motifs is 7. The fourth-order valence-electron chi connectivity index (χ4n) is 15.2. The maximum atomic E-state index is 11.7. The van der Waals surface area contributed by atoms with Gasteiger partial charge in [0.25, 0.3) is 0 Å². The van der Waals surface area contributed by atoms with E-state index in [1.807, 2.05) is 0 Å². The van der Waals surface area contributed by atoms with Gasteiger partial charge in [0, 0.05) is 24.9 Å². The molecular formula is C48H78O16. The largest absolute Gasteiger partial charge is 0.396 e. The first-order valence-corrected chi connectivity index (χ1v) is 24.5. The Kier molecular flexibility index (Phi) is 13.2. The first-order valence-electron chi connectivity index (χ1n) is 24.5. The van der Waals surface area contributed by atoms with Gasteiger partial charge in [-0.05, 0) is 118 Å². The second-order valence-corrected chi connectivity index (χ2v) is 22.6. The molecule has 27 unspecified atom stereocenters. The van der Waals surface area contributed by atoms with E-state index in [1.54, 1.807) is 0 Å². The van der Waals surface area contributed by atoms with E-state index in [1.165, 1.54) is 26.3 Å². The molecule has 5 heterocycles. The number of hydrogen-bond acceptors (Lipinski definition) is 16. The van der Waals surface area contributed by atoms with E-state index in [4.69, 9.17) is 33.2 Å². The molecule has 9 rings (SSSR count). The number of allylic oxidation sites excluding steroid dienone is 1. The van der Waals surface area contributed by atoms with Crippen LogP contribution in [0.5, 0.6) is 0 Å². The van der Waals surface area contributed by atoms with Gasteiger partial charge in [-0.25, -0.2) is 0 Å². The van der Waals surface area contributed by atoms with Crippen LogP contribution in [0.25, 0.3) is 0 Å². The lowest BCUT2D eigenvalue weighted by molar-refractivity contribution is -0.409. The lowest BCUT2D eigenvalue weighted by atomic mass is 9.44. The van der Waals surface area contributed by atoms with Gasteiger partial charge in [-0.1, -0.05) is 39.3 Å². The molecule has 9 N–H and O–H groups in total. The minimum atomic E-state index is -2.01. The van der Waals surface area contributed by atoms with Crippen molar-refractivity contribution >= 4 is 0 Å². The highest BCUT2D eigenvalue weighted by Gasteiger charge is 2.70. The SMILES string of the molecule is CC1CCC2(OC1)OC1CC3C4C(CO)C=C5CC(CC6OC(CO)C(OC7OC(C)C(O)C(O)C7OC7(C)OC(C)C(O)C(O)C7O)C(O)C6O)CCC5(C)C4CCC3(C)C1C2C. The third-order valence-corrected chi connectivity index (χ3v) is 18.9. The molecule has 0 amide bonds. The molecule has 4 aliphatic carbocycles. The zero-order chi connectivity index (χ0) is 46.0. The van der Waals surface area contributed by atoms with Crippen molar-refractivity contribution in [3.8, 4) is 0 Å². The Morgan fingerprint density at radius 1 is 0.719 bits per heavy atom. The highest BCUT2D eigenvalue weighted by atomic mass is 16.8. The van der Waals surface area contributed by atoms with Crippen molar-refractivity contribution < 1.29 is 79.1 Å². The minimum Gasteiger partial charge on any atom is -0.396 e. The predicted molar refractivity (Wildman–Crippen MR) is 227 cm³/mol. The molecule has 8 fully saturated rings. The van der Waals surface area contributed by atoms with Gasteiger partial charge in [-0.3, -0.25) is 0 Å². The fraction of sp³-hybridized carbons (Fsp3) is 0.958. The molecule has 1 spiro atoms. The lowest BCUT2D eigenvalue weighted by Crippen LogP contribution is -2.68. The van der Waals surface area contributed by atoms with Gasteiger partial charge >= 0.3 is 0 Å². The summed E-state index contributed by atoms with van der Waals surface area (Å²) in [5.41, 5.74) is 1.44. The number of hydrogen-bond donors (Lipinski definition) is 9. The van der Waals surface area contributed by atoms with Gasteiger partial charge in [0.05, 0.1) is 37.6 Å². The summed E-state index contributed by atoms with van der Waals surface area (Å²) in [7, 11) is 0. The molecule has 0 radical (unpaired) electrons. The van der Waals surface area contributed by atoms with Crippen molar-refractivity contribution in [2.75, 3.05) is 19.8 Å². The van der Waals surface area contributed by atoms with Crippen LogP contribution < -0.4 is 0 Å². The molecule has 5 aliphatic heterocycles. The second kappa shape index (κ2) is 17.5. The molecule has 9 aliphatic rings. The number of aliphatic hydroxyl groups excluding tert-OH is 9. The Hall–Kier alpha value is -0.900. The molecule has 16 nitrogen and oxygen atoms in total. The van der Waals surface area contributed by atoms with Crippen molar-refractivity contribution in [1.29, 1.82) is 0 Å². The summed E-state index contributed by atoms with van der Waals surface area (Å²) in [6, 6.07) is 0. The van der Waals surface area contributed by atoms with E-state index in [0.717, 1.165) is 58.0 Å². The summed E-state index contributed by atoms with van der Waals surface area (Å²) < 4.78 is 43.8. The standard InChI is InChI=1S/C48H78O16/c1-21-8-13-48(58-20-21)22(2)34-30(63-48)17-29-33-26(18-49)16-27-14-25(9-11-45(27,5)28(33)10-12-46(29,34)6)15-31-37(53)39(55)41(32(19-50)60-31)61-44-42(38(54)35(51)23(3)59-44)64-47(7)43(57)40(56)36(52)24(4)62-47/h16,21-26,28-44,49-57H,8-15,17-20H2,1-7H3. The molecule has 0 aromatic carbocycles. The third kappa shape index (κ3) is 7.63. The fourth-order valence-corrected chi connectivity index (χ4v) is 15.2. The zero-order valence-corrected chi connectivity index (χ0v) is 38.7. The first-order chi connectivity index (χ1) is 30.2. The van der Waals surface area contributed by atoms with Crippen molar-refractivity contribution in [3.05, 3.63) is 11.6 Å². The summed E-state index contributed by atoms with van der Waals surface area (Å²) in [6.45, 7) is 14.1. The highest BCUT2D eigenvalue weighted by molar-refractivity contribution is 5.28. The van der Waals surface area contributed by atoms with Crippen molar-refractivity contribution in [1.82, 2.24) is 0 Å². The Labute approximate surface area is 377 Å². The number of aliphatic hydroxyl groups is 9. The molecule has 366 valence electrons. The average molecular weight is 911 g/mol. The Morgan fingerprint density at radius 3 is 2.12 bits per heavy atom. The normalized spacial score (nSPS) is 58.6. The van der Waals surface area contributed by atoms with Gasteiger partial charge in [-0.15, -0.1) is 0 Å². The van der Waals surface area contributed by atoms with E-state index < -0.39 is 104 Å². The predicted octanol–water partition coefficient (Wildman–Crippen LogP) is 1.51. The molecule has 16 heteroatoms. The average Bonchev–Trinajstić information content (AvgIpc) is 3.71. The van der Waals surface area contributed by atoms with E-state index in [2.05, 4.69) is 33.8 Å². The van der Waals surface area contributed by atoms with Gasteiger partial charge in [0.2, 0.25) is 0 Å². The van der Waals surface area contributed by atoms with Crippen LogP contribution in [0.1, 0.15) is 106 Å². The highest BCUT2D eigenvalue weighted by Crippen LogP contribution is 2.71. The molecule has 27 atom stereocenters. The van der Waals surface area contributed by atoms with E-state index in [0.29, 0.717) is 41.9 Å². The summed E-state index contributed by atoms with van der Waals surface area (Å²) in [5, 5.41) is 98.7.